The molecule has 2 nitrogen and oxygen atoms in total. The Hall–Kier alpha value is 1.34. The molecule has 0 spiro atoms. The van der Waals surface area contributed by atoms with Crippen molar-refractivity contribution in [2.45, 2.75) is 6.42 Å². The average molecular weight is 120 g/mol. The van der Waals surface area contributed by atoms with Crippen LogP contribution in [0.1, 0.15) is 6.42 Å². The third kappa shape index (κ3) is 18.8. The number of rotatable bonds is 2. The van der Waals surface area contributed by atoms with Crippen LogP contribution in [0.2, 0.25) is 0 Å². The topological polar surface area (TPSA) is 34.1 Å². The fourth-order valence-electron chi connectivity index (χ4n) is 0.0393. The van der Waals surface area contributed by atoms with Crippen LogP contribution in [0.15, 0.2) is 0 Å². The van der Waals surface area contributed by atoms with Gasteiger partial charge in [0.15, 0.2) is 0 Å². The van der Waals surface area contributed by atoms with E-state index in [1.165, 1.54) is 0 Å². The molecule has 0 atom stereocenters. The Bertz CT molecular complexity index is 40.2. The predicted molar refractivity (Wildman–Crippen MR) is 31.0 cm³/mol. The summed E-state index contributed by atoms with van der Waals surface area (Å²) in [5.74, 6) is 0. The summed E-state index contributed by atoms with van der Waals surface area (Å²) in [6, 6.07) is 0. The number of hydrogen-bond donors (Lipinski definition) is 0. The van der Waals surface area contributed by atoms with E-state index in [0.717, 1.165) is 0 Å². The van der Waals surface area contributed by atoms with E-state index in [2.05, 4.69) is 0 Å². The molecule has 7 heavy (non-hydrogen) atoms. The fourth-order valence-corrected chi connectivity index (χ4v) is 0.0393. The molecule has 32 valence electrons. The molecule has 0 aromatic rings. The van der Waals surface area contributed by atoms with Crippen LogP contribution in [0.5, 0.6) is 0 Å². The van der Waals surface area contributed by atoms with Gasteiger partial charge in [0.2, 0.25) is 0 Å². The van der Waals surface area contributed by atoms with Crippen molar-refractivity contribution in [1.29, 1.82) is 0 Å². The van der Waals surface area contributed by atoms with Gasteiger partial charge in [0.1, 0.15) is 12.6 Å². The summed E-state index contributed by atoms with van der Waals surface area (Å²) in [7, 11) is 0. The molecule has 0 aliphatic rings. The quantitative estimate of drug-likeness (QED) is 0.252. The summed E-state index contributed by atoms with van der Waals surface area (Å²) in [6.45, 7) is 0. The van der Waals surface area contributed by atoms with Crippen LogP contribution in [0, 0.1) is 0 Å². The van der Waals surface area contributed by atoms with Crippen LogP contribution in [-0.2, 0) is 9.59 Å². The standard InChI is InChI=1S/C3H4O2.2Na.2H/c4-2-1-3-5;;;;/h2-3H,1H2;;;;. The van der Waals surface area contributed by atoms with Crippen molar-refractivity contribution in [2.75, 3.05) is 0 Å². The van der Waals surface area contributed by atoms with Crippen molar-refractivity contribution < 1.29 is 9.59 Å². The van der Waals surface area contributed by atoms with Crippen LogP contribution in [0.4, 0.5) is 0 Å². The minimum absolute atomic E-state index is 0. The first-order chi connectivity index (χ1) is 2.41. The fraction of sp³-hybridized carbons (Fsp3) is 0.333. The average Bonchev–Trinajstić information content (AvgIpc) is 1.41. The second-order valence-electron chi connectivity index (χ2n) is 0.569. The molecule has 0 bridgehead atoms. The third-order valence-electron chi connectivity index (χ3n) is 0.192. The van der Waals surface area contributed by atoms with Gasteiger partial charge in [-0.05, 0) is 0 Å². The first-order valence-corrected chi connectivity index (χ1v) is 1.29. The van der Waals surface area contributed by atoms with Gasteiger partial charge >= 0.3 is 59.1 Å². The van der Waals surface area contributed by atoms with Gasteiger partial charge in [0, 0.05) is 0 Å². The number of hydrogen-bond acceptors (Lipinski definition) is 2. The van der Waals surface area contributed by atoms with E-state index in [9.17, 15) is 9.59 Å². The number of carbonyl (C=O) groups excluding carboxylic acids is 2. The van der Waals surface area contributed by atoms with Gasteiger partial charge in [-0.1, -0.05) is 0 Å². The summed E-state index contributed by atoms with van der Waals surface area (Å²) in [5, 5.41) is 0. The van der Waals surface area contributed by atoms with Crippen molar-refractivity contribution in [3.63, 3.8) is 0 Å². The minimum atomic E-state index is 0. The van der Waals surface area contributed by atoms with Crippen molar-refractivity contribution in [3.8, 4) is 0 Å². The number of carbonyl (C=O) groups is 2. The normalized spacial score (nSPS) is 4.57. The summed E-state index contributed by atoms with van der Waals surface area (Å²) in [6.07, 6.45) is 1.15. The zero-order valence-corrected chi connectivity index (χ0v) is 2.68. The van der Waals surface area contributed by atoms with Crippen molar-refractivity contribution in [1.82, 2.24) is 0 Å². The van der Waals surface area contributed by atoms with Crippen LogP contribution in [0.25, 0.3) is 0 Å². The molecule has 0 saturated carbocycles. The Labute approximate surface area is 86.6 Å². The van der Waals surface area contributed by atoms with E-state index in [-0.39, 0.29) is 65.5 Å². The third-order valence-corrected chi connectivity index (χ3v) is 0.192. The molecule has 0 heterocycles. The van der Waals surface area contributed by atoms with E-state index in [1.807, 2.05) is 0 Å². The van der Waals surface area contributed by atoms with Gasteiger partial charge in [-0.25, -0.2) is 0 Å². The van der Waals surface area contributed by atoms with Gasteiger partial charge in [-0.3, -0.25) is 0 Å². The van der Waals surface area contributed by atoms with E-state index in [4.69, 9.17) is 0 Å². The molecule has 0 radical (unpaired) electrons. The molecule has 0 amide bonds. The summed E-state index contributed by atoms with van der Waals surface area (Å²) < 4.78 is 0. The second kappa shape index (κ2) is 15.7. The van der Waals surface area contributed by atoms with Gasteiger partial charge in [-0.15, -0.1) is 0 Å². The molecule has 0 N–H and O–H groups in total. The van der Waals surface area contributed by atoms with Crippen LogP contribution in [0.3, 0.4) is 0 Å². The van der Waals surface area contributed by atoms with Crippen molar-refractivity contribution >= 4 is 71.7 Å². The van der Waals surface area contributed by atoms with Gasteiger partial charge < -0.3 is 9.59 Å². The second-order valence-corrected chi connectivity index (χ2v) is 0.569. The Kier molecular flexibility index (Phi) is 35.3. The maximum absolute atomic E-state index is 9.17. The van der Waals surface area contributed by atoms with E-state index in [0.29, 0.717) is 12.6 Å². The maximum atomic E-state index is 9.17. The molecule has 0 aliphatic heterocycles. The van der Waals surface area contributed by atoms with Gasteiger partial charge in [0.25, 0.3) is 0 Å². The van der Waals surface area contributed by atoms with Crippen molar-refractivity contribution in [3.05, 3.63) is 0 Å². The van der Waals surface area contributed by atoms with Crippen LogP contribution >= 0.6 is 0 Å². The number of aldehydes is 2. The van der Waals surface area contributed by atoms with Crippen molar-refractivity contribution in [2.24, 2.45) is 0 Å². The molecule has 0 aromatic carbocycles. The first kappa shape index (κ1) is 15.8. The zero-order valence-electron chi connectivity index (χ0n) is 2.68. The van der Waals surface area contributed by atoms with E-state index in [1.54, 1.807) is 0 Å². The Morgan fingerprint density at radius 3 is 1.29 bits per heavy atom. The van der Waals surface area contributed by atoms with Gasteiger partial charge in [-0.2, -0.15) is 0 Å². The summed E-state index contributed by atoms with van der Waals surface area (Å²) in [5.41, 5.74) is 0. The van der Waals surface area contributed by atoms with E-state index >= 15 is 0 Å². The van der Waals surface area contributed by atoms with Crippen LogP contribution in [-0.4, -0.2) is 71.7 Å². The first-order valence-electron chi connectivity index (χ1n) is 1.29. The monoisotopic (exact) mass is 120 g/mol. The summed E-state index contributed by atoms with van der Waals surface area (Å²) >= 11 is 0. The zero-order chi connectivity index (χ0) is 4.12. The Balaban J connectivity index is -0.0000000800. The molecule has 0 fully saturated rings. The molecule has 0 unspecified atom stereocenters. The molecular weight excluding hydrogens is 114 g/mol. The molecule has 0 aliphatic carbocycles. The predicted octanol–water partition coefficient (Wildman–Crippen LogP) is -1.52. The van der Waals surface area contributed by atoms with E-state index < -0.39 is 0 Å². The molecule has 0 aromatic heterocycles. The molecule has 4 heteroatoms. The Morgan fingerprint density at radius 2 is 1.29 bits per heavy atom. The SMILES string of the molecule is O=CCC=O.[NaH].[NaH]. The van der Waals surface area contributed by atoms with Crippen LogP contribution < -0.4 is 0 Å². The molecular formula is C3H6Na2O2. The molecule has 0 saturated heterocycles. The van der Waals surface area contributed by atoms with Gasteiger partial charge in [0.05, 0.1) is 6.42 Å². The molecule has 0 rings (SSSR count). The summed E-state index contributed by atoms with van der Waals surface area (Å²) in [4.78, 5) is 18.3. The Morgan fingerprint density at radius 1 is 1.00 bits per heavy atom.